The van der Waals surface area contributed by atoms with E-state index in [1.165, 1.54) is 0 Å². The summed E-state index contributed by atoms with van der Waals surface area (Å²) in [5.74, 6) is 0.953. The van der Waals surface area contributed by atoms with Crippen LogP contribution in [0.15, 0.2) is 28.2 Å². The third kappa shape index (κ3) is 4.66. The molecule has 24 heavy (non-hydrogen) atoms. The molecule has 1 saturated heterocycles. The highest BCUT2D eigenvalue weighted by Gasteiger charge is 2.20. The Morgan fingerprint density at radius 2 is 2.12 bits per heavy atom. The quantitative estimate of drug-likeness (QED) is 0.830. The fraction of sp³-hybridized carbons (Fsp3) is 0.529. The van der Waals surface area contributed by atoms with Gasteiger partial charge in [0.15, 0.2) is 5.76 Å². The first kappa shape index (κ1) is 17.1. The number of hydrogen-bond donors (Lipinski definition) is 1. The SMILES string of the molecule is CCCNC(=O)CN1CCN(Cc2nc(-c3ccco3)cs2)CC1. The van der Waals surface area contributed by atoms with Gasteiger partial charge >= 0.3 is 0 Å². The number of carbonyl (C=O) groups is 1. The van der Waals surface area contributed by atoms with E-state index in [1.54, 1.807) is 17.6 Å². The van der Waals surface area contributed by atoms with Crippen molar-refractivity contribution in [3.8, 4) is 11.5 Å². The standard InChI is InChI=1S/C17H24N4O2S/c1-2-5-18-16(22)11-20-6-8-21(9-7-20)12-17-19-14(13-24-17)15-4-3-10-23-15/h3-4,10,13H,2,5-9,11-12H2,1H3,(H,18,22). The summed E-state index contributed by atoms with van der Waals surface area (Å²) >= 11 is 1.67. The zero-order valence-electron chi connectivity index (χ0n) is 14.0. The summed E-state index contributed by atoms with van der Waals surface area (Å²) in [4.78, 5) is 21.0. The third-order valence-corrected chi connectivity index (χ3v) is 4.92. The van der Waals surface area contributed by atoms with Gasteiger partial charge in [-0.25, -0.2) is 4.98 Å². The van der Waals surface area contributed by atoms with E-state index in [-0.39, 0.29) is 5.91 Å². The van der Waals surface area contributed by atoms with Crippen molar-refractivity contribution in [1.82, 2.24) is 20.1 Å². The third-order valence-electron chi connectivity index (χ3n) is 4.09. The molecule has 7 heteroatoms. The van der Waals surface area contributed by atoms with E-state index in [0.29, 0.717) is 6.54 Å². The molecule has 2 aromatic heterocycles. The number of thiazole rings is 1. The number of piperazine rings is 1. The van der Waals surface area contributed by atoms with Gasteiger partial charge in [-0.15, -0.1) is 11.3 Å². The Kier molecular flexibility index (Phi) is 6.01. The predicted octanol–water partition coefficient (Wildman–Crippen LogP) is 2.05. The number of amides is 1. The summed E-state index contributed by atoms with van der Waals surface area (Å²) in [7, 11) is 0. The molecule has 1 amide bonds. The fourth-order valence-corrected chi connectivity index (χ4v) is 3.57. The zero-order chi connectivity index (χ0) is 16.8. The van der Waals surface area contributed by atoms with E-state index in [4.69, 9.17) is 4.42 Å². The van der Waals surface area contributed by atoms with E-state index >= 15 is 0 Å². The summed E-state index contributed by atoms with van der Waals surface area (Å²) in [6.07, 6.45) is 2.65. The minimum Gasteiger partial charge on any atom is -0.463 e. The molecule has 0 spiro atoms. The molecule has 0 radical (unpaired) electrons. The second-order valence-corrected chi connectivity index (χ2v) is 6.95. The van der Waals surface area contributed by atoms with E-state index in [9.17, 15) is 4.79 Å². The first-order valence-corrected chi connectivity index (χ1v) is 9.32. The van der Waals surface area contributed by atoms with E-state index in [0.717, 1.165) is 62.2 Å². The molecule has 130 valence electrons. The van der Waals surface area contributed by atoms with Crippen LogP contribution < -0.4 is 5.32 Å². The second kappa shape index (κ2) is 8.41. The summed E-state index contributed by atoms with van der Waals surface area (Å²) in [6, 6.07) is 3.81. The summed E-state index contributed by atoms with van der Waals surface area (Å²) in [5.41, 5.74) is 0.909. The van der Waals surface area contributed by atoms with Gasteiger partial charge in [0, 0.05) is 38.1 Å². The number of nitrogens with one attached hydrogen (secondary N) is 1. The van der Waals surface area contributed by atoms with Crippen LogP contribution in [0.2, 0.25) is 0 Å². The molecule has 1 fully saturated rings. The largest absolute Gasteiger partial charge is 0.463 e. The Balaban J connectivity index is 1.43. The molecule has 0 aliphatic carbocycles. The molecule has 3 rings (SSSR count). The molecule has 0 unspecified atom stereocenters. The van der Waals surface area contributed by atoms with Gasteiger partial charge in [0.05, 0.1) is 19.4 Å². The van der Waals surface area contributed by atoms with Crippen molar-refractivity contribution >= 4 is 17.2 Å². The van der Waals surface area contributed by atoms with Gasteiger partial charge in [0.25, 0.3) is 0 Å². The van der Waals surface area contributed by atoms with Gasteiger partial charge in [-0.1, -0.05) is 6.92 Å². The van der Waals surface area contributed by atoms with Crippen molar-refractivity contribution in [2.24, 2.45) is 0 Å². The van der Waals surface area contributed by atoms with Crippen LogP contribution in [0.3, 0.4) is 0 Å². The highest BCUT2D eigenvalue weighted by atomic mass is 32.1. The number of aromatic nitrogens is 1. The van der Waals surface area contributed by atoms with Crippen molar-refractivity contribution in [3.05, 3.63) is 28.8 Å². The number of nitrogens with zero attached hydrogens (tertiary/aromatic N) is 3. The summed E-state index contributed by atoms with van der Waals surface area (Å²) < 4.78 is 5.39. The highest BCUT2D eigenvalue weighted by Crippen LogP contribution is 2.23. The first-order chi connectivity index (χ1) is 11.7. The van der Waals surface area contributed by atoms with Crippen LogP contribution in [0.25, 0.3) is 11.5 Å². The average molecular weight is 348 g/mol. The van der Waals surface area contributed by atoms with Crippen molar-refractivity contribution in [3.63, 3.8) is 0 Å². The molecule has 0 saturated carbocycles. The fourth-order valence-electron chi connectivity index (χ4n) is 2.74. The molecular formula is C17H24N4O2S. The van der Waals surface area contributed by atoms with Crippen LogP contribution >= 0.6 is 11.3 Å². The van der Waals surface area contributed by atoms with E-state index in [2.05, 4.69) is 27.0 Å². The van der Waals surface area contributed by atoms with Crippen molar-refractivity contribution in [1.29, 1.82) is 0 Å². The molecule has 0 bridgehead atoms. The number of carbonyl (C=O) groups excluding carboxylic acids is 1. The predicted molar refractivity (Wildman–Crippen MR) is 94.8 cm³/mol. The number of rotatable bonds is 7. The van der Waals surface area contributed by atoms with Gasteiger partial charge in [-0.3, -0.25) is 14.6 Å². The zero-order valence-corrected chi connectivity index (χ0v) is 14.8. The summed E-state index contributed by atoms with van der Waals surface area (Å²) in [5, 5.41) is 6.09. The lowest BCUT2D eigenvalue weighted by Crippen LogP contribution is -2.49. The molecule has 6 nitrogen and oxygen atoms in total. The highest BCUT2D eigenvalue weighted by molar-refractivity contribution is 7.09. The molecule has 3 heterocycles. The van der Waals surface area contributed by atoms with Crippen LogP contribution in [0.1, 0.15) is 18.4 Å². The topological polar surface area (TPSA) is 61.6 Å². The molecular weight excluding hydrogens is 324 g/mol. The maximum Gasteiger partial charge on any atom is 0.234 e. The lowest BCUT2D eigenvalue weighted by molar-refractivity contribution is -0.122. The molecule has 0 atom stereocenters. The minimum absolute atomic E-state index is 0.133. The van der Waals surface area contributed by atoms with Gasteiger partial charge in [-0.05, 0) is 18.6 Å². The number of hydrogen-bond acceptors (Lipinski definition) is 6. The van der Waals surface area contributed by atoms with Crippen LogP contribution in [0.4, 0.5) is 0 Å². The number of furan rings is 1. The van der Waals surface area contributed by atoms with Crippen molar-refractivity contribution < 1.29 is 9.21 Å². The smallest absolute Gasteiger partial charge is 0.234 e. The van der Waals surface area contributed by atoms with Gasteiger partial charge < -0.3 is 9.73 Å². The minimum atomic E-state index is 0.133. The molecule has 1 aliphatic heterocycles. The molecule has 0 aromatic carbocycles. The molecule has 2 aromatic rings. The maximum absolute atomic E-state index is 11.8. The van der Waals surface area contributed by atoms with Crippen LogP contribution in [0, 0.1) is 0 Å². The maximum atomic E-state index is 11.8. The van der Waals surface area contributed by atoms with E-state index in [1.807, 2.05) is 17.5 Å². The Labute approximate surface area is 146 Å². The Morgan fingerprint density at radius 1 is 1.33 bits per heavy atom. The molecule has 1 N–H and O–H groups in total. The second-order valence-electron chi connectivity index (χ2n) is 6.01. The Bertz CT molecular complexity index is 633. The van der Waals surface area contributed by atoms with Crippen LogP contribution in [-0.2, 0) is 11.3 Å². The lowest BCUT2D eigenvalue weighted by Gasteiger charge is -2.33. The van der Waals surface area contributed by atoms with E-state index < -0.39 is 0 Å². The van der Waals surface area contributed by atoms with Crippen LogP contribution in [0.5, 0.6) is 0 Å². The normalized spacial score (nSPS) is 16.4. The molecule has 1 aliphatic rings. The van der Waals surface area contributed by atoms with Gasteiger partial charge in [-0.2, -0.15) is 0 Å². The first-order valence-electron chi connectivity index (χ1n) is 8.44. The van der Waals surface area contributed by atoms with Crippen LogP contribution in [-0.4, -0.2) is 60.0 Å². The van der Waals surface area contributed by atoms with Crippen molar-refractivity contribution in [2.45, 2.75) is 19.9 Å². The van der Waals surface area contributed by atoms with Gasteiger partial charge in [0.1, 0.15) is 10.7 Å². The Hall–Kier alpha value is -1.70. The average Bonchev–Trinajstić information content (AvgIpc) is 3.26. The lowest BCUT2D eigenvalue weighted by atomic mass is 10.3. The van der Waals surface area contributed by atoms with Gasteiger partial charge in [0.2, 0.25) is 5.91 Å². The Morgan fingerprint density at radius 3 is 2.83 bits per heavy atom. The van der Waals surface area contributed by atoms with Crippen molar-refractivity contribution in [2.75, 3.05) is 39.3 Å². The summed E-state index contributed by atoms with van der Waals surface area (Å²) in [6.45, 7) is 7.99. The monoisotopic (exact) mass is 348 g/mol.